The van der Waals surface area contributed by atoms with Crippen LogP contribution in [0.4, 0.5) is 0 Å². The van der Waals surface area contributed by atoms with E-state index in [4.69, 9.17) is 10.1 Å². The molecule has 0 aliphatic heterocycles. The highest BCUT2D eigenvalue weighted by molar-refractivity contribution is 9.09. The fourth-order valence-corrected chi connectivity index (χ4v) is 0.692. The monoisotopic (exact) mass is 179 g/mol. The van der Waals surface area contributed by atoms with Gasteiger partial charge in [-0.25, -0.2) is 0 Å². The predicted molar refractivity (Wildman–Crippen MR) is 37.8 cm³/mol. The van der Waals surface area contributed by atoms with Crippen LogP contribution in [0.3, 0.4) is 0 Å². The second-order valence-corrected chi connectivity index (χ2v) is 2.09. The van der Waals surface area contributed by atoms with Crippen LogP contribution < -0.4 is 0 Å². The van der Waals surface area contributed by atoms with E-state index in [9.17, 15) is 0 Å². The molecule has 8 heavy (non-hydrogen) atoms. The van der Waals surface area contributed by atoms with Crippen LogP contribution in [-0.4, -0.2) is 17.8 Å². The Balaban J connectivity index is 3.06. The van der Waals surface area contributed by atoms with Crippen LogP contribution in [-0.2, 0) is 4.74 Å². The van der Waals surface area contributed by atoms with E-state index in [2.05, 4.69) is 15.9 Å². The minimum absolute atomic E-state index is 0.365. The molecule has 0 atom stereocenters. The summed E-state index contributed by atoms with van der Waals surface area (Å²) in [5.74, 6) is 0.365. The summed E-state index contributed by atoms with van der Waals surface area (Å²) >= 11 is 3.20. The smallest absolute Gasteiger partial charge is 0.181 e. The summed E-state index contributed by atoms with van der Waals surface area (Å²) in [5.41, 5.74) is 0. The van der Waals surface area contributed by atoms with Gasteiger partial charge in [0.2, 0.25) is 0 Å². The average molecular weight is 180 g/mol. The number of halogens is 1. The first-order chi connectivity index (χ1) is 3.81. The lowest BCUT2D eigenvalue weighted by molar-refractivity contribution is 0.316. The van der Waals surface area contributed by atoms with Gasteiger partial charge in [0, 0.05) is 11.8 Å². The van der Waals surface area contributed by atoms with Gasteiger partial charge in [0.1, 0.15) is 0 Å². The average Bonchev–Trinajstić information content (AvgIpc) is 1.68. The van der Waals surface area contributed by atoms with Crippen molar-refractivity contribution < 1.29 is 4.74 Å². The Morgan fingerprint density at radius 2 is 2.38 bits per heavy atom. The number of rotatable bonds is 3. The molecule has 0 aliphatic rings. The molecule has 0 saturated heterocycles. The Hall–Kier alpha value is -0.0500. The van der Waals surface area contributed by atoms with Gasteiger partial charge in [0.25, 0.3) is 0 Å². The molecule has 0 aromatic heterocycles. The largest absolute Gasteiger partial charge is 0.481 e. The Morgan fingerprint density at radius 3 is 2.75 bits per heavy atom. The van der Waals surface area contributed by atoms with E-state index in [1.807, 2.05) is 6.92 Å². The summed E-state index contributed by atoms with van der Waals surface area (Å²) < 4.78 is 4.84. The summed E-state index contributed by atoms with van der Waals surface area (Å²) in [6.07, 6.45) is 0.688. The van der Waals surface area contributed by atoms with Crippen LogP contribution in [0.15, 0.2) is 0 Å². The number of hydrogen-bond acceptors (Lipinski definition) is 2. The minimum atomic E-state index is 0.365. The zero-order chi connectivity index (χ0) is 6.41. The molecule has 3 heteroatoms. The van der Waals surface area contributed by atoms with E-state index >= 15 is 0 Å². The zero-order valence-corrected chi connectivity index (χ0v) is 6.49. The normalized spacial score (nSPS) is 8.75. The highest BCUT2D eigenvalue weighted by Gasteiger charge is 1.91. The molecule has 0 aromatic rings. The number of hydrogen-bond donors (Lipinski definition) is 1. The number of alkyl halides is 1. The molecule has 0 amide bonds. The summed E-state index contributed by atoms with van der Waals surface area (Å²) in [4.78, 5) is 0. The fourth-order valence-electron chi connectivity index (χ4n) is 0.332. The van der Waals surface area contributed by atoms with Crippen molar-refractivity contribution in [2.45, 2.75) is 13.3 Å². The van der Waals surface area contributed by atoms with E-state index in [1.54, 1.807) is 0 Å². The molecule has 2 nitrogen and oxygen atoms in total. The maximum absolute atomic E-state index is 7.04. The first-order valence-electron chi connectivity index (χ1n) is 2.57. The maximum atomic E-state index is 7.04. The molecule has 0 rings (SSSR count). The molecule has 0 spiro atoms. The van der Waals surface area contributed by atoms with Gasteiger partial charge in [-0.3, -0.25) is 5.41 Å². The Kier molecular flexibility index (Phi) is 5.06. The van der Waals surface area contributed by atoms with Crippen molar-refractivity contribution in [3.63, 3.8) is 0 Å². The zero-order valence-electron chi connectivity index (χ0n) is 4.91. The molecular formula is C5H10BrNO. The second-order valence-electron chi connectivity index (χ2n) is 1.30. The van der Waals surface area contributed by atoms with Gasteiger partial charge in [0.15, 0.2) is 5.90 Å². The highest BCUT2D eigenvalue weighted by atomic mass is 79.9. The van der Waals surface area contributed by atoms with Crippen molar-refractivity contribution in [2.24, 2.45) is 0 Å². The van der Waals surface area contributed by atoms with E-state index in [0.29, 0.717) is 18.9 Å². The van der Waals surface area contributed by atoms with E-state index < -0.39 is 0 Å². The Labute approximate surface area is 57.9 Å². The molecule has 0 heterocycles. The third-order valence-electron chi connectivity index (χ3n) is 0.640. The van der Waals surface area contributed by atoms with Gasteiger partial charge < -0.3 is 4.74 Å². The first-order valence-corrected chi connectivity index (χ1v) is 3.69. The van der Waals surface area contributed by atoms with Crippen molar-refractivity contribution in [2.75, 3.05) is 11.9 Å². The van der Waals surface area contributed by atoms with Crippen LogP contribution in [0.1, 0.15) is 13.3 Å². The summed E-state index contributed by atoms with van der Waals surface area (Å²) in [7, 11) is 0. The van der Waals surface area contributed by atoms with Crippen LogP contribution >= 0.6 is 15.9 Å². The van der Waals surface area contributed by atoms with Crippen molar-refractivity contribution in [1.82, 2.24) is 0 Å². The van der Waals surface area contributed by atoms with Crippen LogP contribution in [0.2, 0.25) is 0 Å². The third kappa shape index (κ3) is 4.12. The standard InChI is InChI=1S/C5H10BrNO/c1-2-8-5(7)3-4-6/h7H,2-4H2,1H3. The summed E-state index contributed by atoms with van der Waals surface area (Å²) in [6, 6.07) is 0. The van der Waals surface area contributed by atoms with Crippen molar-refractivity contribution >= 4 is 21.8 Å². The predicted octanol–water partition coefficient (Wildman–Crippen LogP) is 1.79. The van der Waals surface area contributed by atoms with Gasteiger partial charge in [-0.1, -0.05) is 15.9 Å². The van der Waals surface area contributed by atoms with E-state index in [-0.39, 0.29) is 0 Å². The fraction of sp³-hybridized carbons (Fsp3) is 0.800. The first kappa shape index (κ1) is 7.95. The second kappa shape index (κ2) is 5.09. The summed E-state index contributed by atoms with van der Waals surface area (Å²) in [5, 5.41) is 7.85. The Bertz CT molecular complexity index is 66.8. The summed E-state index contributed by atoms with van der Waals surface area (Å²) in [6.45, 7) is 2.48. The lowest BCUT2D eigenvalue weighted by Gasteiger charge is -1.99. The molecule has 0 bridgehead atoms. The molecular weight excluding hydrogens is 170 g/mol. The van der Waals surface area contributed by atoms with E-state index in [1.165, 1.54) is 0 Å². The topological polar surface area (TPSA) is 33.1 Å². The molecule has 48 valence electrons. The van der Waals surface area contributed by atoms with Crippen molar-refractivity contribution in [3.05, 3.63) is 0 Å². The number of ether oxygens (including phenoxy) is 1. The highest BCUT2D eigenvalue weighted by Crippen LogP contribution is 1.90. The van der Waals surface area contributed by atoms with Gasteiger partial charge in [0.05, 0.1) is 6.61 Å². The van der Waals surface area contributed by atoms with Gasteiger partial charge in [-0.05, 0) is 6.92 Å². The third-order valence-corrected chi connectivity index (χ3v) is 1.04. The molecule has 0 unspecified atom stereocenters. The van der Waals surface area contributed by atoms with Gasteiger partial charge >= 0.3 is 0 Å². The minimum Gasteiger partial charge on any atom is -0.481 e. The lowest BCUT2D eigenvalue weighted by Crippen LogP contribution is -2.02. The quantitative estimate of drug-likeness (QED) is 0.400. The molecule has 0 aliphatic carbocycles. The Morgan fingerprint density at radius 1 is 1.75 bits per heavy atom. The van der Waals surface area contributed by atoms with Gasteiger partial charge in [-0.2, -0.15) is 0 Å². The maximum Gasteiger partial charge on any atom is 0.181 e. The molecule has 0 saturated carbocycles. The van der Waals surface area contributed by atoms with Crippen LogP contribution in [0, 0.1) is 5.41 Å². The molecule has 1 N–H and O–H groups in total. The van der Waals surface area contributed by atoms with Gasteiger partial charge in [-0.15, -0.1) is 0 Å². The van der Waals surface area contributed by atoms with Crippen LogP contribution in [0.25, 0.3) is 0 Å². The number of nitrogens with one attached hydrogen (secondary N) is 1. The molecule has 0 aromatic carbocycles. The molecule has 0 radical (unpaired) electrons. The van der Waals surface area contributed by atoms with Crippen molar-refractivity contribution in [1.29, 1.82) is 5.41 Å². The lowest BCUT2D eigenvalue weighted by atomic mass is 10.5. The molecule has 0 fully saturated rings. The van der Waals surface area contributed by atoms with Crippen LogP contribution in [0.5, 0.6) is 0 Å². The van der Waals surface area contributed by atoms with E-state index in [0.717, 1.165) is 5.33 Å². The SMILES string of the molecule is CCOC(=N)CCBr. The van der Waals surface area contributed by atoms with Crippen molar-refractivity contribution in [3.8, 4) is 0 Å².